The average molecular weight is 333 g/mol. The SMILES string of the molecule is CCCN(CC(=O)Nc1ccc(Cl)cc1Cl)C(C)C(=O)O. The van der Waals surface area contributed by atoms with E-state index in [1.165, 1.54) is 6.07 Å². The number of rotatable bonds is 7. The molecule has 1 amide bonds. The molecular weight excluding hydrogens is 315 g/mol. The molecule has 0 heterocycles. The molecule has 1 aromatic rings. The van der Waals surface area contributed by atoms with Gasteiger partial charge in [0, 0.05) is 5.02 Å². The highest BCUT2D eigenvalue weighted by atomic mass is 35.5. The van der Waals surface area contributed by atoms with Gasteiger partial charge in [-0.05, 0) is 38.1 Å². The number of carbonyl (C=O) groups excluding carboxylic acids is 1. The highest BCUT2D eigenvalue weighted by Gasteiger charge is 2.22. The lowest BCUT2D eigenvalue weighted by Gasteiger charge is -2.25. The predicted molar refractivity (Wildman–Crippen MR) is 84.1 cm³/mol. The van der Waals surface area contributed by atoms with Gasteiger partial charge in [0.1, 0.15) is 6.04 Å². The smallest absolute Gasteiger partial charge is 0.320 e. The largest absolute Gasteiger partial charge is 0.480 e. The van der Waals surface area contributed by atoms with E-state index in [4.69, 9.17) is 28.3 Å². The van der Waals surface area contributed by atoms with Gasteiger partial charge >= 0.3 is 5.97 Å². The van der Waals surface area contributed by atoms with Gasteiger partial charge in [-0.2, -0.15) is 0 Å². The van der Waals surface area contributed by atoms with E-state index < -0.39 is 12.0 Å². The van der Waals surface area contributed by atoms with Crippen LogP contribution in [-0.4, -0.2) is 41.0 Å². The Balaban J connectivity index is 2.71. The minimum atomic E-state index is -0.958. The summed E-state index contributed by atoms with van der Waals surface area (Å²) in [6.45, 7) is 3.99. The fraction of sp³-hybridized carbons (Fsp3) is 0.429. The fourth-order valence-electron chi connectivity index (χ4n) is 1.82. The number of benzene rings is 1. The molecule has 1 unspecified atom stereocenters. The maximum absolute atomic E-state index is 12.0. The van der Waals surface area contributed by atoms with E-state index in [0.717, 1.165) is 6.42 Å². The second-order valence-corrected chi connectivity index (χ2v) is 5.50. The number of halogens is 2. The first-order valence-electron chi connectivity index (χ1n) is 6.57. The highest BCUT2D eigenvalue weighted by Crippen LogP contribution is 2.25. The Kier molecular flexibility index (Phi) is 6.95. The number of hydrogen-bond acceptors (Lipinski definition) is 3. The highest BCUT2D eigenvalue weighted by molar-refractivity contribution is 6.36. The summed E-state index contributed by atoms with van der Waals surface area (Å²) < 4.78 is 0. The van der Waals surface area contributed by atoms with Crippen LogP contribution >= 0.6 is 23.2 Å². The zero-order valence-corrected chi connectivity index (χ0v) is 13.4. The molecule has 1 rings (SSSR count). The van der Waals surface area contributed by atoms with Crippen molar-refractivity contribution in [2.45, 2.75) is 26.3 Å². The molecule has 0 aliphatic heterocycles. The summed E-state index contributed by atoms with van der Waals surface area (Å²) in [5.41, 5.74) is 0.450. The van der Waals surface area contributed by atoms with Crippen LogP contribution in [0.4, 0.5) is 5.69 Å². The summed E-state index contributed by atoms with van der Waals surface area (Å²) in [5, 5.41) is 12.5. The zero-order chi connectivity index (χ0) is 16.0. The van der Waals surface area contributed by atoms with Gasteiger partial charge < -0.3 is 10.4 Å². The first kappa shape index (κ1) is 17.8. The molecule has 1 atom stereocenters. The van der Waals surface area contributed by atoms with Crippen LogP contribution in [0.25, 0.3) is 0 Å². The molecule has 2 N–H and O–H groups in total. The Labute approximate surface area is 133 Å². The number of amides is 1. The molecule has 0 fully saturated rings. The molecule has 0 aliphatic rings. The summed E-state index contributed by atoms with van der Waals surface area (Å²) in [6.07, 6.45) is 0.757. The van der Waals surface area contributed by atoms with E-state index in [2.05, 4.69) is 5.32 Å². The Morgan fingerprint density at radius 3 is 2.57 bits per heavy atom. The van der Waals surface area contributed by atoms with Crippen LogP contribution in [0.1, 0.15) is 20.3 Å². The maximum atomic E-state index is 12.0. The molecule has 5 nitrogen and oxygen atoms in total. The minimum absolute atomic E-state index is 0.0136. The zero-order valence-electron chi connectivity index (χ0n) is 11.9. The molecule has 0 saturated heterocycles. The molecule has 0 aromatic heterocycles. The van der Waals surface area contributed by atoms with Crippen molar-refractivity contribution >= 4 is 40.8 Å². The first-order valence-corrected chi connectivity index (χ1v) is 7.32. The molecule has 0 saturated carbocycles. The summed E-state index contributed by atoms with van der Waals surface area (Å²) in [6, 6.07) is 4.03. The number of carboxylic acid groups (broad SMARTS) is 1. The number of carboxylic acids is 1. The van der Waals surface area contributed by atoms with Crippen LogP contribution in [0, 0.1) is 0 Å². The molecule has 0 radical (unpaired) electrons. The lowest BCUT2D eigenvalue weighted by atomic mass is 10.2. The Hall–Kier alpha value is -1.30. The average Bonchev–Trinajstić information content (AvgIpc) is 2.40. The van der Waals surface area contributed by atoms with E-state index >= 15 is 0 Å². The normalized spacial score (nSPS) is 12.2. The van der Waals surface area contributed by atoms with E-state index in [1.807, 2.05) is 6.92 Å². The van der Waals surface area contributed by atoms with Crippen molar-refractivity contribution in [3.63, 3.8) is 0 Å². The van der Waals surface area contributed by atoms with Crippen LogP contribution in [0.5, 0.6) is 0 Å². The van der Waals surface area contributed by atoms with Crippen LogP contribution in [-0.2, 0) is 9.59 Å². The number of nitrogens with one attached hydrogen (secondary N) is 1. The van der Waals surface area contributed by atoms with Gasteiger partial charge in [0.25, 0.3) is 0 Å². The van der Waals surface area contributed by atoms with Crippen molar-refractivity contribution in [1.82, 2.24) is 4.90 Å². The Bertz CT molecular complexity index is 523. The number of carbonyl (C=O) groups is 2. The number of anilines is 1. The summed E-state index contributed by atoms with van der Waals surface area (Å²) >= 11 is 11.8. The topological polar surface area (TPSA) is 69.6 Å². The molecule has 21 heavy (non-hydrogen) atoms. The van der Waals surface area contributed by atoms with Crippen molar-refractivity contribution in [2.24, 2.45) is 0 Å². The molecular formula is C14H18Cl2N2O3. The number of hydrogen-bond donors (Lipinski definition) is 2. The van der Waals surface area contributed by atoms with Gasteiger partial charge in [-0.3, -0.25) is 14.5 Å². The van der Waals surface area contributed by atoms with E-state index in [9.17, 15) is 9.59 Å². The van der Waals surface area contributed by atoms with Crippen LogP contribution in [0.15, 0.2) is 18.2 Å². The summed E-state index contributed by atoms with van der Waals surface area (Å²) in [5.74, 6) is -1.28. The number of nitrogens with zero attached hydrogens (tertiary/aromatic N) is 1. The van der Waals surface area contributed by atoms with Crippen molar-refractivity contribution in [3.8, 4) is 0 Å². The monoisotopic (exact) mass is 332 g/mol. The van der Waals surface area contributed by atoms with E-state index in [0.29, 0.717) is 22.3 Å². The molecule has 1 aromatic carbocycles. The third kappa shape index (κ3) is 5.53. The first-order chi connectivity index (χ1) is 9.85. The van der Waals surface area contributed by atoms with Gasteiger partial charge in [0.15, 0.2) is 0 Å². The van der Waals surface area contributed by atoms with Gasteiger partial charge in [-0.25, -0.2) is 0 Å². The molecule has 0 spiro atoms. The van der Waals surface area contributed by atoms with Crippen LogP contribution in [0.2, 0.25) is 10.0 Å². The standard InChI is InChI=1S/C14H18Cl2N2O3/c1-3-6-18(9(2)14(20)21)8-13(19)17-12-5-4-10(15)7-11(12)16/h4-5,7,9H,3,6,8H2,1-2H3,(H,17,19)(H,20,21). The Morgan fingerprint density at radius 2 is 2.05 bits per heavy atom. The van der Waals surface area contributed by atoms with Gasteiger partial charge in [0.2, 0.25) is 5.91 Å². The van der Waals surface area contributed by atoms with Crippen molar-refractivity contribution in [1.29, 1.82) is 0 Å². The van der Waals surface area contributed by atoms with E-state index in [-0.39, 0.29) is 12.5 Å². The third-order valence-corrected chi connectivity index (χ3v) is 3.52. The summed E-state index contributed by atoms with van der Waals surface area (Å²) in [4.78, 5) is 24.7. The quantitative estimate of drug-likeness (QED) is 0.804. The predicted octanol–water partition coefficient (Wildman–Crippen LogP) is 3.12. The second-order valence-electron chi connectivity index (χ2n) is 4.66. The lowest BCUT2D eigenvalue weighted by Crippen LogP contribution is -2.43. The molecule has 7 heteroatoms. The Morgan fingerprint density at radius 1 is 1.38 bits per heavy atom. The van der Waals surface area contributed by atoms with Crippen molar-refractivity contribution in [3.05, 3.63) is 28.2 Å². The third-order valence-electron chi connectivity index (χ3n) is 2.97. The number of aliphatic carboxylic acids is 1. The molecule has 0 aliphatic carbocycles. The fourth-order valence-corrected chi connectivity index (χ4v) is 2.27. The van der Waals surface area contributed by atoms with Crippen LogP contribution in [0.3, 0.4) is 0 Å². The summed E-state index contributed by atoms with van der Waals surface area (Å²) in [7, 11) is 0. The lowest BCUT2D eigenvalue weighted by molar-refractivity contribution is -0.143. The molecule has 116 valence electrons. The van der Waals surface area contributed by atoms with Gasteiger partial charge in [-0.15, -0.1) is 0 Å². The maximum Gasteiger partial charge on any atom is 0.320 e. The van der Waals surface area contributed by atoms with Crippen molar-refractivity contribution < 1.29 is 14.7 Å². The van der Waals surface area contributed by atoms with Crippen molar-refractivity contribution in [2.75, 3.05) is 18.4 Å². The molecule has 0 bridgehead atoms. The van der Waals surface area contributed by atoms with E-state index in [1.54, 1.807) is 24.0 Å². The van der Waals surface area contributed by atoms with Gasteiger partial charge in [-0.1, -0.05) is 30.1 Å². The second kappa shape index (κ2) is 8.22. The minimum Gasteiger partial charge on any atom is -0.480 e. The van der Waals surface area contributed by atoms with Crippen LogP contribution < -0.4 is 5.32 Å². The van der Waals surface area contributed by atoms with Gasteiger partial charge in [0.05, 0.1) is 17.3 Å².